The Kier molecular flexibility index (Phi) is 6.93. The van der Waals surface area contributed by atoms with Gasteiger partial charge in [-0.15, -0.1) is 0 Å². The van der Waals surface area contributed by atoms with Crippen molar-refractivity contribution in [2.24, 2.45) is 5.92 Å². The first-order chi connectivity index (χ1) is 13.1. The molecule has 2 heterocycles. The van der Waals surface area contributed by atoms with Crippen molar-refractivity contribution in [2.75, 3.05) is 46.0 Å². The Labute approximate surface area is 160 Å². The van der Waals surface area contributed by atoms with Crippen LogP contribution in [0, 0.1) is 12.8 Å². The van der Waals surface area contributed by atoms with Crippen LogP contribution in [0.2, 0.25) is 0 Å². The number of carbonyl (C=O) groups is 1. The molecule has 0 spiro atoms. The summed E-state index contributed by atoms with van der Waals surface area (Å²) in [6.07, 6.45) is 1.84. The lowest BCUT2D eigenvalue weighted by molar-refractivity contribution is 0.0201. The summed E-state index contributed by atoms with van der Waals surface area (Å²) in [6, 6.07) is 3.71. The van der Waals surface area contributed by atoms with E-state index in [0.29, 0.717) is 49.8 Å². The van der Waals surface area contributed by atoms with Gasteiger partial charge in [-0.25, -0.2) is 0 Å². The Bertz CT molecular complexity index is 652. The monoisotopic (exact) mass is 378 g/mol. The molecule has 27 heavy (non-hydrogen) atoms. The summed E-state index contributed by atoms with van der Waals surface area (Å²) in [4.78, 5) is 14.9. The van der Waals surface area contributed by atoms with E-state index in [-0.39, 0.29) is 18.4 Å². The van der Waals surface area contributed by atoms with E-state index in [9.17, 15) is 9.90 Å². The van der Waals surface area contributed by atoms with E-state index in [1.165, 1.54) is 0 Å². The van der Waals surface area contributed by atoms with Gasteiger partial charge in [0.15, 0.2) is 11.5 Å². The van der Waals surface area contributed by atoms with E-state index in [0.717, 1.165) is 31.5 Å². The van der Waals surface area contributed by atoms with E-state index in [1.54, 1.807) is 0 Å². The highest BCUT2D eigenvalue weighted by Crippen LogP contribution is 2.34. The van der Waals surface area contributed by atoms with Crippen LogP contribution in [0.15, 0.2) is 12.1 Å². The number of fused-ring (bicyclic) bond motifs is 1. The van der Waals surface area contributed by atoms with Crippen LogP contribution in [0.1, 0.15) is 35.2 Å². The molecular weight excluding hydrogens is 348 g/mol. The topological polar surface area (TPSA) is 91.3 Å². The van der Waals surface area contributed by atoms with Gasteiger partial charge in [-0.2, -0.15) is 0 Å². The molecule has 1 saturated heterocycles. The maximum absolute atomic E-state index is 12.8. The molecule has 1 amide bonds. The lowest BCUT2D eigenvalue weighted by atomic mass is 9.93. The van der Waals surface area contributed by atoms with Gasteiger partial charge in [-0.05, 0) is 44.0 Å². The van der Waals surface area contributed by atoms with Crippen molar-refractivity contribution in [2.45, 2.75) is 32.3 Å². The first-order valence-electron chi connectivity index (χ1n) is 9.78. The van der Waals surface area contributed by atoms with Crippen molar-refractivity contribution in [3.8, 4) is 11.5 Å². The number of amides is 1. The summed E-state index contributed by atoms with van der Waals surface area (Å²) in [6.45, 7) is 5.87. The normalized spacial score (nSPS) is 22.9. The molecule has 7 heteroatoms. The molecule has 0 aliphatic carbocycles. The number of nitrogens with zero attached hydrogens (tertiary/aromatic N) is 1. The smallest absolute Gasteiger partial charge is 0.255 e. The molecule has 1 aromatic rings. The number of nitrogens with one attached hydrogen (secondary N) is 1. The van der Waals surface area contributed by atoms with Gasteiger partial charge in [0.05, 0.1) is 24.9 Å². The second-order valence-corrected chi connectivity index (χ2v) is 7.39. The Balaban J connectivity index is 1.59. The number of hydrogen-bond donors (Lipinski definition) is 3. The zero-order valence-corrected chi connectivity index (χ0v) is 15.9. The number of ether oxygens (including phenoxy) is 2. The van der Waals surface area contributed by atoms with Crippen LogP contribution in [0.4, 0.5) is 0 Å². The minimum atomic E-state index is -0.480. The van der Waals surface area contributed by atoms with Gasteiger partial charge in [-0.3, -0.25) is 4.79 Å². The molecule has 0 aromatic heterocycles. The third kappa shape index (κ3) is 5.12. The van der Waals surface area contributed by atoms with E-state index in [1.807, 2.05) is 19.1 Å². The summed E-state index contributed by atoms with van der Waals surface area (Å²) < 4.78 is 11.5. The van der Waals surface area contributed by atoms with Gasteiger partial charge in [0, 0.05) is 38.6 Å². The van der Waals surface area contributed by atoms with Gasteiger partial charge in [0.1, 0.15) is 0 Å². The highest BCUT2D eigenvalue weighted by molar-refractivity contribution is 5.98. The van der Waals surface area contributed by atoms with Crippen LogP contribution < -0.4 is 14.8 Å². The molecule has 2 aliphatic rings. The fourth-order valence-electron chi connectivity index (χ4n) is 3.68. The molecule has 3 rings (SSSR count). The predicted molar refractivity (Wildman–Crippen MR) is 101 cm³/mol. The van der Waals surface area contributed by atoms with Crippen LogP contribution in [-0.4, -0.2) is 73.1 Å². The number of likely N-dealkylation sites (tertiary alicyclic amines) is 1. The molecule has 2 atom stereocenters. The third-order valence-electron chi connectivity index (χ3n) is 5.20. The fraction of sp³-hybridized carbons (Fsp3) is 0.650. The number of benzene rings is 1. The minimum Gasteiger partial charge on any atom is -0.490 e. The van der Waals surface area contributed by atoms with Crippen molar-refractivity contribution < 1.29 is 24.5 Å². The maximum Gasteiger partial charge on any atom is 0.255 e. The molecular formula is C20H30N2O5. The first kappa shape index (κ1) is 19.9. The number of carbonyl (C=O) groups excluding carboxylic acids is 1. The summed E-state index contributed by atoms with van der Waals surface area (Å²) >= 11 is 0. The van der Waals surface area contributed by atoms with E-state index in [2.05, 4.69) is 10.2 Å². The second kappa shape index (κ2) is 9.39. The van der Waals surface area contributed by atoms with Gasteiger partial charge < -0.3 is 29.9 Å². The second-order valence-electron chi connectivity index (χ2n) is 7.39. The molecule has 2 aliphatic heterocycles. The van der Waals surface area contributed by atoms with Crippen LogP contribution in [0.5, 0.6) is 11.5 Å². The van der Waals surface area contributed by atoms with Crippen molar-refractivity contribution in [1.82, 2.24) is 10.2 Å². The van der Waals surface area contributed by atoms with Crippen molar-refractivity contribution >= 4 is 5.91 Å². The molecule has 1 unspecified atom stereocenters. The standard InChI is InChI=1S/C20H30N2O5/c1-14-10-16(19-18(11-14)26-8-3-9-27-19)20(25)21-12-15-4-6-22(5-2-7-23)13-17(15)24/h10-11,15,17,23-24H,2-9,12-13H2,1H3,(H,21,25)/t15-,17?/m0/s1. The Morgan fingerprint density at radius 3 is 2.93 bits per heavy atom. The third-order valence-corrected chi connectivity index (χ3v) is 5.20. The number of aliphatic hydroxyl groups excluding tert-OH is 2. The van der Waals surface area contributed by atoms with Crippen molar-refractivity contribution in [3.05, 3.63) is 23.3 Å². The molecule has 0 saturated carbocycles. The first-order valence-corrected chi connectivity index (χ1v) is 9.78. The van der Waals surface area contributed by atoms with Crippen molar-refractivity contribution in [3.63, 3.8) is 0 Å². The van der Waals surface area contributed by atoms with Gasteiger partial charge >= 0.3 is 0 Å². The minimum absolute atomic E-state index is 0.0277. The number of piperidine rings is 1. The van der Waals surface area contributed by atoms with Crippen molar-refractivity contribution in [1.29, 1.82) is 0 Å². The van der Waals surface area contributed by atoms with E-state index < -0.39 is 6.10 Å². The van der Waals surface area contributed by atoms with Gasteiger partial charge in [-0.1, -0.05) is 0 Å². The zero-order valence-electron chi connectivity index (χ0n) is 15.9. The summed E-state index contributed by atoms with van der Waals surface area (Å²) in [5.74, 6) is 0.958. The summed E-state index contributed by atoms with van der Waals surface area (Å²) in [5, 5.41) is 22.3. The average molecular weight is 378 g/mol. The molecule has 1 aromatic carbocycles. The predicted octanol–water partition coefficient (Wildman–Crippen LogP) is 0.951. The Morgan fingerprint density at radius 2 is 2.15 bits per heavy atom. The van der Waals surface area contributed by atoms with Crippen LogP contribution >= 0.6 is 0 Å². The summed E-state index contributed by atoms with van der Waals surface area (Å²) in [5.41, 5.74) is 1.43. The number of aliphatic hydroxyl groups is 2. The SMILES string of the molecule is Cc1cc2c(c(C(=O)NC[C@@H]3CCN(CCCO)CC3O)c1)OCCCO2. The Morgan fingerprint density at radius 1 is 1.33 bits per heavy atom. The number of aryl methyl sites for hydroxylation is 1. The quantitative estimate of drug-likeness (QED) is 0.683. The number of β-amino-alcohol motifs (C(OH)–C–C–N with tert-alkyl or cyclic N) is 1. The molecule has 3 N–H and O–H groups in total. The van der Waals surface area contributed by atoms with Crippen LogP contribution in [0.25, 0.3) is 0 Å². The zero-order chi connectivity index (χ0) is 19.2. The van der Waals surface area contributed by atoms with Gasteiger partial charge in [0.25, 0.3) is 5.91 Å². The number of hydrogen-bond acceptors (Lipinski definition) is 6. The number of rotatable bonds is 6. The van der Waals surface area contributed by atoms with Crippen LogP contribution in [0.3, 0.4) is 0 Å². The highest BCUT2D eigenvalue weighted by Gasteiger charge is 2.28. The maximum atomic E-state index is 12.8. The molecule has 0 bridgehead atoms. The van der Waals surface area contributed by atoms with Crippen LogP contribution in [-0.2, 0) is 0 Å². The molecule has 150 valence electrons. The Hall–Kier alpha value is -1.83. The highest BCUT2D eigenvalue weighted by atomic mass is 16.5. The molecule has 1 fully saturated rings. The average Bonchev–Trinajstić information content (AvgIpc) is 2.90. The van der Waals surface area contributed by atoms with E-state index in [4.69, 9.17) is 14.6 Å². The lowest BCUT2D eigenvalue weighted by Gasteiger charge is -2.36. The molecule has 0 radical (unpaired) electrons. The van der Waals surface area contributed by atoms with E-state index >= 15 is 0 Å². The van der Waals surface area contributed by atoms with Gasteiger partial charge in [0.2, 0.25) is 0 Å². The lowest BCUT2D eigenvalue weighted by Crippen LogP contribution is -2.48. The molecule has 7 nitrogen and oxygen atoms in total. The fourth-order valence-corrected chi connectivity index (χ4v) is 3.68. The summed E-state index contributed by atoms with van der Waals surface area (Å²) in [7, 11) is 0. The largest absolute Gasteiger partial charge is 0.490 e.